The monoisotopic (exact) mass is 640 g/mol. The van der Waals surface area contributed by atoms with Gasteiger partial charge in [0.05, 0.1) is 30.0 Å². The van der Waals surface area contributed by atoms with Crippen LogP contribution in [0.2, 0.25) is 5.02 Å². The predicted octanol–water partition coefficient (Wildman–Crippen LogP) is 6.30. The Labute approximate surface area is 262 Å². The van der Waals surface area contributed by atoms with Crippen LogP contribution in [-0.2, 0) is 11.2 Å². The van der Waals surface area contributed by atoms with Gasteiger partial charge >= 0.3 is 0 Å². The summed E-state index contributed by atoms with van der Waals surface area (Å²) in [5, 5.41) is 30.3. The van der Waals surface area contributed by atoms with Crippen molar-refractivity contribution >= 4 is 28.4 Å². The molecule has 3 N–H and O–H groups in total. The zero-order chi connectivity index (χ0) is 31.8. The molecule has 0 saturated heterocycles. The minimum atomic E-state index is -1.80. The third-order valence-electron chi connectivity index (χ3n) is 8.71. The van der Waals surface area contributed by atoms with Crippen LogP contribution in [0.4, 0.5) is 13.2 Å². The van der Waals surface area contributed by atoms with Gasteiger partial charge in [0, 0.05) is 28.3 Å². The molecule has 1 atom stereocenters. The number of halogens is 4. The lowest BCUT2D eigenvalue weighted by Crippen LogP contribution is -2.43. The van der Waals surface area contributed by atoms with Gasteiger partial charge in [-0.05, 0) is 88.6 Å². The van der Waals surface area contributed by atoms with E-state index in [1.165, 1.54) is 19.9 Å². The van der Waals surface area contributed by atoms with Crippen molar-refractivity contribution < 1.29 is 32.9 Å². The first kappa shape index (κ1) is 30.0. The summed E-state index contributed by atoms with van der Waals surface area (Å²) in [4.78, 5) is 17.9. The summed E-state index contributed by atoms with van der Waals surface area (Å²) in [6.45, 7) is 2.38. The van der Waals surface area contributed by atoms with Crippen molar-refractivity contribution in [3.63, 3.8) is 0 Å². The second-order valence-corrected chi connectivity index (χ2v) is 13.3. The van der Waals surface area contributed by atoms with Crippen LogP contribution in [-0.4, -0.2) is 43.5 Å². The average molecular weight is 641 g/mol. The first-order chi connectivity index (χ1) is 21.3. The summed E-state index contributed by atoms with van der Waals surface area (Å²) in [5.74, 6) is -3.60. The first-order valence-electron chi connectivity index (χ1n) is 15.1. The van der Waals surface area contributed by atoms with E-state index in [1.807, 2.05) is 10.9 Å². The number of carbonyl (C=O) groups excluding carboxylic acids is 1. The van der Waals surface area contributed by atoms with Gasteiger partial charge in [-0.25, -0.2) is 18.2 Å². The minimum Gasteiger partial charge on any atom is -0.488 e. The Morgan fingerprint density at radius 1 is 1.07 bits per heavy atom. The van der Waals surface area contributed by atoms with Crippen molar-refractivity contribution in [2.45, 2.75) is 75.7 Å². The number of hydrogen-bond donors (Lipinski definition) is 3. The number of hydrogen-bond acceptors (Lipinski definition) is 6. The fourth-order valence-corrected chi connectivity index (χ4v) is 5.80. The van der Waals surface area contributed by atoms with Crippen molar-refractivity contribution in [3.05, 3.63) is 75.8 Å². The van der Waals surface area contributed by atoms with E-state index in [9.17, 15) is 19.4 Å². The maximum atomic E-state index is 15.8. The van der Waals surface area contributed by atoms with Gasteiger partial charge in [-0.3, -0.25) is 9.48 Å². The van der Waals surface area contributed by atoms with E-state index in [0.29, 0.717) is 35.7 Å². The minimum absolute atomic E-state index is 0.0717. The third-order valence-corrected chi connectivity index (χ3v) is 9.06. The molecule has 3 fully saturated rings. The molecule has 45 heavy (non-hydrogen) atoms. The number of aromatic nitrogens is 3. The van der Waals surface area contributed by atoms with Crippen LogP contribution in [0.25, 0.3) is 22.2 Å². The molecule has 3 saturated carbocycles. The number of fused-ring (bicyclic) bond motifs is 1. The Bertz CT molecular complexity index is 1850. The molecule has 2 heterocycles. The molecule has 0 bridgehead atoms. The molecule has 1 amide bonds. The molecule has 4 aromatic rings. The zero-order valence-corrected chi connectivity index (χ0v) is 25.5. The lowest BCUT2D eigenvalue weighted by molar-refractivity contribution is 0.00863. The maximum absolute atomic E-state index is 15.8. The number of ether oxygens (including phenoxy) is 1. The Balaban J connectivity index is 1.24. The van der Waals surface area contributed by atoms with Crippen LogP contribution in [0.5, 0.6) is 5.75 Å². The highest BCUT2D eigenvalue weighted by Crippen LogP contribution is 2.47. The van der Waals surface area contributed by atoms with E-state index in [0.717, 1.165) is 43.2 Å². The van der Waals surface area contributed by atoms with Gasteiger partial charge in [0.1, 0.15) is 33.4 Å². The zero-order valence-electron chi connectivity index (χ0n) is 24.7. The Hall–Kier alpha value is -3.67. The topological polar surface area (TPSA) is 110 Å². The fourth-order valence-electron chi connectivity index (χ4n) is 5.64. The Morgan fingerprint density at radius 3 is 2.44 bits per heavy atom. The maximum Gasteiger partial charge on any atom is 0.251 e. The SMILES string of the molecule is CC(C)(O)c1cc([C@@](O)(CNC(=O)c2cc(OC3CC3)c3nn(C4CC4)cc3c2)C2CC2)nc(-c2ccc(F)c(Cl)c2F)c1F. The summed E-state index contributed by atoms with van der Waals surface area (Å²) in [7, 11) is 0. The number of aliphatic hydroxyl groups is 2. The van der Waals surface area contributed by atoms with Gasteiger partial charge in [-0.1, -0.05) is 11.6 Å². The number of amides is 1. The van der Waals surface area contributed by atoms with Crippen molar-refractivity contribution in [3.8, 4) is 17.0 Å². The van der Waals surface area contributed by atoms with Crippen LogP contribution in [0.15, 0.2) is 36.5 Å². The van der Waals surface area contributed by atoms with Gasteiger partial charge in [0.15, 0.2) is 11.6 Å². The summed E-state index contributed by atoms with van der Waals surface area (Å²) < 4.78 is 52.9. The Morgan fingerprint density at radius 2 is 1.80 bits per heavy atom. The molecule has 7 rings (SSSR count). The van der Waals surface area contributed by atoms with Gasteiger partial charge < -0.3 is 20.3 Å². The third kappa shape index (κ3) is 5.66. The molecule has 2 aromatic heterocycles. The molecular formula is C33H32ClF3N4O4. The smallest absolute Gasteiger partial charge is 0.251 e. The van der Waals surface area contributed by atoms with E-state index in [4.69, 9.17) is 21.4 Å². The van der Waals surface area contributed by atoms with Gasteiger partial charge in [0.2, 0.25) is 0 Å². The van der Waals surface area contributed by atoms with E-state index in [1.54, 1.807) is 12.1 Å². The molecule has 3 aliphatic rings. The van der Waals surface area contributed by atoms with Crippen LogP contribution in [0, 0.1) is 23.4 Å². The molecule has 3 aliphatic carbocycles. The Kier molecular flexibility index (Phi) is 7.14. The van der Waals surface area contributed by atoms with Crippen LogP contribution in [0.1, 0.15) is 80.0 Å². The van der Waals surface area contributed by atoms with Crippen molar-refractivity contribution in [2.75, 3.05) is 6.54 Å². The standard InChI is InChI=1S/C33H32ClF3N4O4/c1-32(2,43)22-13-25(39-30(28(22)37)21-9-10-23(35)26(34)27(21)36)33(44,18-3-4-18)15-38-31(42)16-11-17-14-41(19-5-6-19)40-29(17)24(12-16)45-20-7-8-20/h9-14,18-20,43-44H,3-8,15H2,1-2H3,(H,38,42)/t33-/m1/s1. The molecule has 0 aliphatic heterocycles. The average Bonchev–Trinajstić information content (AvgIpc) is 3.84. The largest absolute Gasteiger partial charge is 0.488 e. The van der Waals surface area contributed by atoms with E-state index >= 15 is 8.78 Å². The molecule has 0 spiro atoms. The quantitative estimate of drug-likeness (QED) is 0.176. The van der Waals surface area contributed by atoms with E-state index < -0.39 is 50.8 Å². The van der Waals surface area contributed by atoms with Crippen molar-refractivity contribution in [1.29, 1.82) is 0 Å². The summed E-state index contributed by atoms with van der Waals surface area (Å²) in [6.07, 6.45) is 7.16. The molecular weight excluding hydrogens is 609 g/mol. The van der Waals surface area contributed by atoms with Gasteiger partial charge in [-0.15, -0.1) is 0 Å². The fraction of sp³-hybridized carbons (Fsp3) is 0.424. The van der Waals surface area contributed by atoms with Gasteiger partial charge in [-0.2, -0.15) is 5.10 Å². The van der Waals surface area contributed by atoms with Crippen molar-refractivity contribution in [1.82, 2.24) is 20.1 Å². The lowest BCUT2D eigenvalue weighted by atomic mass is 9.87. The second kappa shape index (κ2) is 10.7. The molecule has 0 radical (unpaired) electrons. The number of rotatable bonds is 10. The van der Waals surface area contributed by atoms with Gasteiger partial charge in [0.25, 0.3) is 5.91 Å². The highest BCUT2D eigenvalue weighted by molar-refractivity contribution is 6.31. The summed E-state index contributed by atoms with van der Waals surface area (Å²) in [6, 6.07) is 6.84. The molecule has 12 heteroatoms. The van der Waals surface area contributed by atoms with Crippen molar-refractivity contribution in [2.24, 2.45) is 5.92 Å². The molecule has 8 nitrogen and oxygen atoms in total. The molecule has 0 unspecified atom stereocenters. The number of nitrogens with zero attached hydrogens (tertiary/aromatic N) is 3. The number of nitrogens with one attached hydrogen (secondary N) is 1. The first-order valence-corrected chi connectivity index (χ1v) is 15.5. The number of carbonyl (C=O) groups is 1. The highest BCUT2D eigenvalue weighted by Gasteiger charge is 2.47. The molecule has 236 valence electrons. The lowest BCUT2D eigenvalue weighted by Gasteiger charge is -2.31. The summed E-state index contributed by atoms with van der Waals surface area (Å²) >= 11 is 5.79. The van der Waals surface area contributed by atoms with Crippen LogP contribution >= 0.6 is 11.6 Å². The van der Waals surface area contributed by atoms with Crippen LogP contribution in [0.3, 0.4) is 0 Å². The second-order valence-electron chi connectivity index (χ2n) is 13.0. The van der Waals surface area contributed by atoms with Crippen LogP contribution < -0.4 is 10.1 Å². The highest BCUT2D eigenvalue weighted by atomic mass is 35.5. The van der Waals surface area contributed by atoms with E-state index in [-0.39, 0.29) is 29.8 Å². The molecule has 2 aromatic carbocycles. The number of pyridine rings is 1. The van der Waals surface area contributed by atoms with E-state index in [2.05, 4.69) is 10.3 Å². The number of benzene rings is 2. The predicted molar refractivity (Wildman–Crippen MR) is 160 cm³/mol. The summed E-state index contributed by atoms with van der Waals surface area (Å²) in [5.41, 5.74) is -3.86. The normalized spacial score (nSPS) is 18.2.